The fraction of sp³-hybridized carbons (Fsp3) is 0.0526. The van der Waals surface area contributed by atoms with Crippen molar-refractivity contribution >= 4 is 45.0 Å². The lowest BCUT2D eigenvalue weighted by molar-refractivity contribution is 1.05. The molecule has 0 amide bonds. The molecule has 4 rings (SSSR count). The molecule has 0 aliphatic carbocycles. The first-order valence-corrected chi connectivity index (χ1v) is 8.72. The van der Waals surface area contributed by atoms with Crippen molar-refractivity contribution < 1.29 is 0 Å². The number of H-pyrrole nitrogens is 1. The molecule has 0 spiro atoms. The molecule has 4 nitrogen and oxygen atoms in total. The molecule has 2 N–H and O–H groups in total. The van der Waals surface area contributed by atoms with E-state index in [-0.39, 0.29) is 0 Å². The van der Waals surface area contributed by atoms with Gasteiger partial charge in [0.2, 0.25) is 0 Å². The number of hydrogen-bond acceptors (Lipinski definition) is 3. The van der Waals surface area contributed by atoms with Crippen LogP contribution in [-0.2, 0) is 0 Å². The second-order valence-corrected chi connectivity index (χ2v) is 6.78. The van der Waals surface area contributed by atoms with Crippen LogP contribution in [0.4, 0.5) is 11.5 Å². The molecule has 118 valence electrons. The summed E-state index contributed by atoms with van der Waals surface area (Å²) in [6.07, 6.45) is 0. The number of nitrogens with one attached hydrogen (secondary N) is 2. The molecule has 0 unspecified atom stereocenters. The van der Waals surface area contributed by atoms with Gasteiger partial charge in [0, 0.05) is 26.3 Å². The van der Waals surface area contributed by atoms with E-state index in [0.717, 1.165) is 39.4 Å². The van der Waals surface area contributed by atoms with Crippen molar-refractivity contribution in [1.29, 1.82) is 0 Å². The fourth-order valence-electron chi connectivity index (χ4n) is 2.71. The van der Waals surface area contributed by atoms with Gasteiger partial charge in [-0.3, -0.25) is 5.10 Å². The molecule has 5 heteroatoms. The third-order valence-electron chi connectivity index (χ3n) is 3.83. The van der Waals surface area contributed by atoms with Crippen LogP contribution in [0.2, 0.25) is 0 Å². The van der Waals surface area contributed by atoms with E-state index in [2.05, 4.69) is 62.4 Å². The van der Waals surface area contributed by atoms with E-state index in [9.17, 15) is 0 Å². The zero-order chi connectivity index (χ0) is 16.5. The summed E-state index contributed by atoms with van der Waals surface area (Å²) >= 11 is 2.35. The molecule has 4 aromatic rings. The molecule has 2 aromatic carbocycles. The highest BCUT2D eigenvalue weighted by atomic mass is 127. The number of aryl methyl sites for hydroxylation is 1. The minimum Gasteiger partial charge on any atom is -0.338 e. The van der Waals surface area contributed by atoms with E-state index in [1.165, 1.54) is 3.57 Å². The van der Waals surface area contributed by atoms with Gasteiger partial charge in [0.05, 0.1) is 16.9 Å². The van der Waals surface area contributed by atoms with Gasteiger partial charge in [0.1, 0.15) is 0 Å². The Labute approximate surface area is 153 Å². The lowest BCUT2D eigenvalue weighted by Crippen LogP contribution is -1.96. The highest BCUT2D eigenvalue weighted by molar-refractivity contribution is 14.1. The molecule has 0 radical (unpaired) electrons. The molecule has 0 saturated heterocycles. The SMILES string of the molecule is Cc1cc(Nc2cc(-c3ccccc3I)nc3ccccc23)n[nH]1. The Morgan fingerprint density at radius 3 is 2.58 bits per heavy atom. The molecule has 0 aliphatic heterocycles. The molecule has 0 fully saturated rings. The number of aromatic amines is 1. The Balaban J connectivity index is 1.89. The van der Waals surface area contributed by atoms with Gasteiger partial charge in [-0.05, 0) is 47.7 Å². The van der Waals surface area contributed by atoms with Crippen LogP contribution >= 0.6 is 22.6 Å². The number of fused-ring (bicyclic) bond motifs is 1. The molecule has 0 bridgehead atoms. The lowest BCUT2D eigenvalue weighted by Gasteiger charge is -2.11. The molecule has 2 aromatic heterocycles. The van der Waals surface area contributed by atoms with E-state index in [4.69, 9.17) is 4.98 Å². The topological polar surface area (TPSA) is 53.6 Å². The summed E-state index contributed by atoms with van der Waals surface area (Å²) in [7, 11) is 0. The lowest BCUT2D eigenvalue weighted by atomic mass is 10.1. The molecular weight excluding hydrogens is 411 g/mol. The zero-order valence-corrected chi connectivity index (χ0v) is 15.2. The van der Waals surface area contributed by atoms with Crippen LogP contribution in [0.5, 0.6) is 0 Å². The molecule has 0 aliphatic rings. The number of aromatic nitrogens is 3. The van der Waals surface area contributed by atoms with Crippen LogP contribution < -0.4 is 5.32 Å². The van der Waals surface area contributed by atoms with Crippen LogP contribution in [0.25, 0.3) is 22.2 Å². The Morgan fingerprint density at radius 1 is 1.00 bits per heavy atom. The van der Waals surface area contributed by atoms with Crippen LogP contribution in [-0.4, -0.2) is 15.2 Å². The minimum atomic E-state index is 0.803. The van der Waals surface area contributed by atoms with Crippen LogP contribution in [0, 0.1) is 10.5 Å². The average Bonchev–Trinajstić information content (AvgIpc) is 3.00. The third kappa shape index (κ3) is 2.87. The average molecular weight is 426 g/mol. The van der Waals surface area contributed by atoms with Crippen molar-refractivity contribution in [2.75, 3.05) is 5.32 Å². The van der Waals surface area contributed by atoms with Crippen LogP contribution in [0.1, 0.15) is 5.69 Å². The quantitative estimate of drug-likeness (QED) is 0.439. The Hall–Kier alpha value is -2.41. The van der Waals surface area contributed by atoms with Gasteiger partial charge in [-0.25, -0.2) is 4.98 Å². The van der Waals surface area contributed by atoms with E-state index < -0.39 is 0 Å². The van der Waals surface area contributed by atoms with Crippen molar-refractivity contribution in [1.82, 2.24) is 15.2 Å². The van der Waals surface area contributed by atoms with Crippen molar-refractivity contribution in [2.24, 2.45) is 0 Å². The van der Waals surface area contributed by atoms with Gasteiger partial charge in [-0.2, -0.15) is 5.10 Å². The van der Waals surface area contributed by atoms with E-state index in [0.29, 0.717) is 0 Å². The van der Waals surface area contributed by atoms with Crippen molar-refractivity contribution in [3.05, 3.63) is 69.9 Å². The number of nitrogens with zero attached hydrogens (tertiary/aromatic N) is 2. The number of halogens is 1. The Morgan fingerprint density at radius 2 is 1.79 bits per heavy atom. The summed E-state index contributed by atoms with van der Waals surface area (Å²) in [5, 5.41) is 11.7. The van der Waals surface area contributed by atoms with Crippen molar-refractivity contribution in [3.63, 3.8) is 0 Å². The first-order chi connectivity index (χ1) is 11.7. The molecule has 0 atom stereocenters. The van der Waals surface area contributed by atoms with E-state index in [1.54, 1.807) is 0 Å². The standard InChI is InChI=1S/C19H15IN4/c1-12-10-19(24-23-12)22-18-11-17(13-6-2-4-8-15(13)20)21-16-9-5-3-7-14(16)18/h2-11H,1H3,(H2,21,22,23,24). The van der Waals surface area contributed by atoms with Gasteiger partial charge in [-0.15, -0.1) is 0 Å². The predicted octanol–water partition coefficient (Wildman–Crippen LogP) is 5.28. The first-order valence-electron chi connectivity index (χ1n) is 7.64. The van der Waals surface area contributed by atoms with Gasteiger partial charge < -0.3 is 5.32 Å². The van der Waals surface area contributed by atoms with Crippen LogP contribution in [0.15, 0.2) is 60.7 Å². The molecule has 0 saturated carbocycles. The van der Waals surface area contributed by atoms with E-state index >= 15 is 0 Å². The molecular formula is C19H15IN4. The van der Waals surface area contributed by atoms with Gasteiger partial charge >= 0.3 is 0 Å². The largest absolute Gasteiger partial charge is 0.338 e. The second kappa shape index (κ2) is 6.24. The van der Waals surface area contributed by atoms with Gasteiger partial charge in [-0.1, -0.05) is 36.4 Å². The number of anilines is 2. The first kappa shape index (κ1) is 15.1. The predicted molar refractivity (Wildman–Crippen MR) is 107 cm³/mol. The maximum atomic E-state index is 4.84. The zero-order valence-electron chi connectivity index (χ0n) is 13.0. The molecule has 2 heterocycles. The monoisotopic (exact) mass is 426 g/mol. The summed E-state index contributed by atoms with van der Waals surface area (Å²) in [4.78, 5) is 4.84. The highest BCUT2D eigenvalue weighted by Crippen LogP contribution is 2.31. The Kier molecular flexibility index (Phi) is 3.93. The van der Waals surface area contributed by atoms with Gasteiger partial charge in [0.25, 0.3) is 0 Å². The second-order valence-electron chi connectivity index (χ2n) is 5.61. The minimum absolute atomic E-state index is 0.803. The Bertz CT molecular complexity index is 1020. The number of hydrogen-bond donors (Lipinski definition) is 2. The van der Waals surface area contributed by atoms with Crippen molar-refractivity contribution in [2.45, 2.75) is 6.92 Å². The molecule has 24 heavy (non-hydrogen) atoms. The summed E-state index contributed by atoms with van der Waals surface area (Å²) in [6.45, 7) is 1.99. The number of benzene rings is 2. The normalized spacial score (nSPS) is 10.9. The smallest absolute Gasteiger partial charge is 0.152 e. The number of rotatable bonds is 3. The summed E-state index contributed by atoms with van der Waals surface area (Å²) in [5.74, 6) is 0.803. The summed E-state index contributed by atoms with van der Waals surface area (Å²) in [5.41, 5.74) is 5.07. The van der Waals surface area contributed by atoms with Gasteiger partial charge in [0.15, 0.2) is 5.82 Å². The summed E-state index contributed by atoms with van der Waals surface area (Å²) in [6, 6.07) is 20.5. The van der Waals surface area contributed by atoms with E-state index in [1.807, 2.05) is 43.3 Å². The maximum absolute atomic E-state index is 4.84. The van der Waals surface area contributed by atoms with Crippen LogP contribution in [0.3, 0.4) is 0 Å². The third-order valence-corrected chi connectivity index (χ3v) is 4.78. The number of pyridine rings is 1. The number of para-hydroxylation sites is 1. The van der Waals surface area contributed by atoms with Crippen molar-refractivity contribution in [3.8, 4) is 11.3 Å². The maximum Gasteiger partial charge on any atom is 0.152 e. The summed E-state index contributed by atoms with van der Waals surface area (Å²) < 4.78 is 1.18. The fourth-order valence-corrected chi connectivity index (χ4v) is 3.37. The highest BCUT2D eigenvalue weighted by Gasteiger charge is 2.10.